The summed E-state index contributed by atoms with van der Waals surface area (Å²) in [5.41, 5.74) is 3.80. The lowest BCUT2D eigenvalue weighted by Crippen LogP contribution is -2.23. The summed E-state index contributed by atoms with van der Waals surface area (Å²) in [4.78, 5) is 16.9. The number of hydrogen-bond acceptors (Lipinski definition) is 6. The van der Waals surface area contributed by atoms with E-state index in [0.29, 0.717) is 29.5 Å². The van der Waals surface area contributed by atoms with E-state index in [-0.39, 0.29) is 5.91 Å². The van der Waals surface area contributed by atoms with Crippen molar-refractivity contribution in [2.24, 2.45) is 0 Å². The Morgan fingerprint density at radius 3 is 2.67 bits per heavy atom. The number of rotatable bonds is 6. The fourth-order valence-electron chi connectivity index (χ4n) is 3.05. The number of nitrogens with one attached hydrogen (secondary N) is 1. The number of benzene rings is 2. The lowest BCUT2D eigenvalue weighted by molar-refractivity contribution is 0.0950. The molecular formula is C22H21N5O3. The lowest BCUT2D eigenvalue weighted by atomic mass is 10.2. The zero-order valence-corrected chi connectivity index (χ0v) is 16.9. The fourth-order valence-corrected chi connectivity index (χ4v) is 3.05. The zero-order chi connectivity index (χ0) is 21.1. The molecule has 2 aromatic carbocycles. The molecule has 2 aromatic heterocycles. The van der Waals surface area contributed by atoms with Gasteiger partial charge in [0, 0.05) is 25.2 Å². The maximum atomic E-state index is 12.7. The van der Waals surface area contributed by atoms with Gasteiger partial charge in [-0.3, -0.25) is 4.79 Å². The highest BCUT2D eigenvalue weighted by molar-refractivity contribution is 5.95. The largest absolute Gasteiger partial charge is 0.497 e. The molecule has 4 rings (SSSR count). The van der Waals surface area contributed by atoms with Crippen molar-refractivity contribution in [1.82, 2.24) is 25.2 Å². The summed E-state index contributed by atoms with van der Waals surface area (Å²) in [5.74, 6) is 1.63. The normalized spacial score (nSPS) is 10.8. The molecule has 0 aliphatic rings. The minimum absolute atomic E-state index is 0.180. The summed E-state index contributed by atoms with van der Waals surface area (Å²) in [6.07, 6.45) is 1.73. The Balaban J connectivity index is 1.47. The Bertz CT molecular complexity index is 1180. The summed E-state index contributed by atoms with van der Waals surface area (Å²) in [6.45, 7) is 3.96. The van der Waals surface area contributed by atoms with E-state index in [4.69, 9.17) is 9.26 Å². The average molecular weight is 403 g/mol. The predicted molar refractivity (Wildman–Crippen MR) is 110 cm³/mol. The number of aromatic nitrogens is 4. The van der Waals surface area contributed by atoms with Crippen LogP contribution in [0.3, 0.4) is 0 Å². The Morgan fingerprint density at radius 1 is 1.17 bits per heavy atom. The molecule has 8 nitrogen and oxygen atoms in total. The molecule has 8 heteroatoms. The molecule has 1 N–H and O–H groups in total. The standard InChI is InChI=1S/C22H21N5O3/c1-14-20(22(28)23-12-16-5-4-6-19(11-16)29-3)13-27(25-14)18-9-7-17(8-10-18)21-24-15(2)30-26-21/h4-11,13H,12H2,1-3H3,(H,23,28). The number of nitrogens with zero attached hydrogens (tertiary/aromatic N) is 4. The SMILES string of the molecule is COc1cccc(CNC(=O)c2cn(-c3ccc(-c4noc(C)n4)cc3)nc2C)c1. The molecule has 152 valence electrons. The first kappa shape index (κ1) is 19.4. The van der Waals surface area contributed by atoms with Crippen LogP contribution >= 0.6 is 0 Å². The minimum atomic E-state index is -0.180. The van der Waals surface area contributed by atoms with Crippen molar-refractivity contribution in [3.63, 3.8) is 0 Å². The molecular weight excluding hydrogens is 382 g/mol. The van der Waals surface area contributed by atoms with E-state index >= 15 is 0 Å². The Hall–Kier alpha value is -3.94. The molecule has 0 fully saturated rings. The Labute approximate surface area is 173 Å². The van der Waals surface area contributed by atoms with E-state index in [1.165, 1.54) is 0 Å². The summed E-state index contributed by atoms with van der Waals surface area (Å²) in [6, 6.07) is 15.2. The van der Waals surface area contributed by atoms with Gasteiger partial charge in [0.25, 0.3) is 5.91 Å². The number of ether oxygens (including phenoxy) is 1. The number of amides is 1. The van der Waals surface area contributed by atoms with Crippen LogP contribution in [0.1, 0.15) is 27.5 Å². The zero-order valence-electron chi connectivity index (χ0n) is 16.9. The van der Waals surface area contributed by atoms with E-state index in [9.17, 15) is 4.79 Å². The highest BCUT2D eigenvalue weighted by atomic mass is 16.5. The van der Waals surface area contributed by atoms with E-state index in [1.807, 2.05) is 55.5 Å². The van der Waals surface area contributed by atoms with Crippen molar-refractivity contribution in [3.8, 4) is 22.8 Å². The highest BCUT2D eigenvalue weighted by Gasteiger charge is 2.14. The summed E-state index contributed by atoms with van der Waals surface area (Å²) < 4.78 is 11.9. The van der Waals surface area contributed by atoms with E-state index < -0.39 is 0 Å². The van der Waals surface area contributed by atoms with Crippen molar-refractivity contribution in [3.05, 3.63) is 77.4 Å². The van der Waals surface area contributed by atoms with Crippen molar-refractivity contribution >= 4 is 5.91 Å². The molecule has 0 atom stereocenters. The molecule has 0 spiro atoms. The number of carbonyl (C=O) groups is 1. The van der Waals surface area contributed by atoms with E-state index in [2.05, 4.69) is 20.6 Å². The Kier molecular flexibility index (Phi) is 5.30. The Morgan fingerprint density at radius 2 is 1.97 bits per heavy atom. The second-order valence-electron chi connectivity index (χ2n) is 6.79. The second-order valence-corrected chi connectivity index (χ2v) is 6.79. The molecule has 0 saturated carbocycles. The van der Waals surface area contributed by atoms with Gasteiger partial charge in [0.1, 0.15) is 5.75 Å². The molecule has 0 radical (unpaired) electrons. The summed E-state index contributed by atoms with van der Waals surface area (Å²) >= 11 is 0. The molecule has 1 amide bonds. The first-order valence-electron chi connectivity index (χ1n) is 9.42. The van der Waals surface area contributed by atoms with Crippen LogP contribution in [0.2, 0.25) is 0 Å². The van der Waals surface area contributed by atoms with Gasteiger partial charge in [0.2, 0.25) is 11.7 Å². The third-order valence-corrected chi connectivity index (χ3v) is 4.65. The molecule has 0 aliphatic heterocycles. The third-order valence-electron chi connectivity index (χ3n) is 4.65. The van der Waals surface area contributed by atoms with Crippen LogP contribution in [0.25, 0.3) is 17.1 Å². The summed E-state index contributed by atoms with van der Waals surface area (Å²) in [5, 5.41) is 11.3. The quantitative estimate of drug-likeness (QED) is 0.530. The van der Waals surface area contributed by atoms with Gasteiger partial charge in [-0.2, -0.15) is 10.1 Å². The molecule has 0 bridgehead atoms. The number of aryl methyl sites for hydroxylation is 2. The predicted octanol–water partition coefficient (Wildman–Crippen LogP) is 3.48. The highest BCUT2D eigenvalue weighted by Crippen LogP contribution is 2.19. The smallest absolute Gasteiger partial charge is 0.255 e. The molecule has 30 heavy (non-hydrogen) atoms. The minimum Gasteiger partial charge on any atom is -0.497 e. The third kappa shape index (κ3) is 4.07. The first-order valence-corrected chi connectivity index (χ1v) is 9.42. The van der Waals surface area contributed by atoms with E-state index in [0.717, 1.165) is 22.6 Å². The average Bonchev–Trinajstić information content (AvgIpc) is 3.38. The van der Waals surface area contributed by atoms with Crippen LogP contribution in [0.5, 0.6) is 5.75 Å². The van der Waals surface area contributed by atoms with Crippen molar-refractivity contribution in [2.45, 2.75) is 20.4 Å². The van der Waals surface area contributed by atoms with Crippen LogP contribution in [0.4, 0.5) is 0 Å². The number of methoxy groups -OCH3 is 1. The first-order chi connectivity index (χ1) is 14.5. The van der Waals surface area contributed by atoms with Gasteiger partial charge in [-0.1, -0.05) is 17.3 Å². The van der Waals surface area contributed by atoms with E-state index in [1.54, 1.807) is 24.9 Å². The molecule has 0 aliphatic carbocycles. The van der Waals surface area contributed by atoms with Crippen LogP contribution < -0.4 is 10.1 Å². The van der Waals surface area contributed by atoms with Gasteiger partial charge in [-0.05, 0) is 48.9 Å². The lowest BCUT2D eigenvalue weighted by Gasteiger charge is -2.06. The molecule has 0 unspecified atom stereocenters. The van der Waals surface area contributed by atoms with Crippen molar-refractivity contribution in [2.75, 3.05) is 7.11 Å². The monoisotopic (exact) mass is 403 g/mol. The summed E-state index contributed by atoms with van der Waals surface area (Å²) in [7, 11) is 1.62. The van der Waals surface area contributed by atoms with Crippen LogP contribution in [-0.4, -0.2) is 32.9 Å². The van der Waals surface area contributed by atoms with Crippen LogP contribution in [0.15, 0.2) is 59.3 Å². The van der Waals surface area contributed by atoms with Crippen LogP contribution in [-0.2, 0) is 6.54 Å². The number of hydrogen-bond donors (Lipinski definition) is 1. The molecule has 4 aromatic rings. The molecule has 2 heterocycles. The maximum Gasteiger partial charge on any atom is 0.255 e. The van der Waals surface area contributed by atoms with Crippen LogP contribution in [0, 0.1) is 13.8 Å². The number of carbonyl (C=O) groups excluding carboxylic acids is 1. The van der Waals surface area contributed by atoms with Gasteiger partial charge in [0.05, 0.1) is 24.1 Å². The molecule has 0 saturated heterocycles. The van der Waals surface area contributed by atoms with Crippen molar-refractivity contribution < 1.29 is 14.1 Å². The van der Waals surface area contributed by atoms with Gasteiger partial charge < -0.3 is 14.6 Å². The fraction of sp³-hybridized carbons (Fsp3) is 0.182. The van der Waals surface area contributed by atoms with Gasteiger partial charge >= 0.3 is 0 Å². The van der Waals surface area contributed by atoms with Gasteiger partial charge in [-0.15, -0.1) is 0 Å². The van der Waals surface area contributed by atoms with Gasteiger partial charge in [0.15, 0.2) is 0 Å². The van der Waals surface area contributed by atoms with Crippen molar-refractivity contribution in [1.29, 1.82) is 0 Å². The maximum absolute atomic E-state index is 12.7. The van der Waals surface area contributed by atoms with Gasteiger partial charge in [-0.25, -0.2) is 4.68 Å². The second kappa shape index (κ2) is 8.20. The topological polar surface area (TPSA) is 95.1 Å².